The highest BCUT2D eigenvalue weighted by Crippen LogP contribution is 2.18. The Hall–Kier alpha value is -2.88. The Morgan fingerprint density at radius 2 is 1.78 bits per heavy atom. The maximum atomic E-state index is 10.3. The lowest BCUT2D eigenvalue weighted by molar-refractivity contribution is -0.384. The number of anilines is 1. The van der Waals surface area contributed by atoms with E-state index in [1.807, 2.05) is 0 Å². The van der Waals surface area contributed by atoms with E-state index in [-0.39, 0.29) is 28.4 Å². The van der Waals surface area contributed by atoms with Gasteiger partial charge in [0, 0.05) is 23.4 Å². The number of aromatic carboxylic acids is 1. The average molecular weight is 259 g/mol. The number of carboxylic acids is 1. The van der Waals surface area contributed by atoms with Crippen LogP contribution in [-0.2, 0) is 0 Å². The molecule has 0 saturated carbocycles. The van der Waals surface area contributed by atoms with Gasteiger partial charge < -0.3 is 21.1 Å². The van der Waals surface area contributed by atoms with Crippen molar-refractivity contribution in [3.05, 3.63) is 33.9 Å². The molecule has 0 amide bonds. The Bertz CT molecular complexity index is 457. The summed E-state index contributed by atoms with van der Waals surface area (Å²) in [5.41, 5.74) is 13.7. The molecule has 1 aromatic rings. The van der Waals surface area contributed by atoms with Crippen LogP contribution in [0.3, 0.4) is 0 Å². The number of carbonyl (C=O) groups excluding carboxylic acids is 1. The number of non-ortho nitro benzene ring substituents is 1. The van der Waals surface area contributed by atoms with Crippen molar-refractivity contribution in [2.45, 2.75) is 0 Å². The molecule has 0 heterocycles. The number of hydrogen-bond acceptors (Lipinski definition) is 5. The van der Waals surface area contributed by atoms with Crippen LogP contribution in [0.25, 0.3) is 0 Å². The molecule has 1 aromatic carbocycles. The topological polar surface area (TPSA) is 218 Å². The molecule has 18 heavy (non-hydrogen) atoms. The second-order valence-electron chi connectivity index (χ2n) is 2.82. The summed E-state index contributed by atoms with van der Waals surface area (Å²) < 4.78 is 0. The van der Waals surface area contributed by atoms with Crippen LogP contribution in [0.1, 0.15) is 10.4 Å². The molecule has 0 aliphatic heterocycles. The first-order valence-corrected chi connectivity index (χ1v) is 4.14. The van der Waals surface area contributed by atoms with E-state index in [4.69, 9.17) is 5.73 Å². The Labute approximate surface area is 101 Å². The van der Waals surface area contributed by atoms with E-state index in [0.717, 1.165) is 18.2 Å². The van der Waals surface area contributed by atoms with Crippen molar-refractivity contribution in [2.24, 2.45) is 11.5 Å². The van der Waals surface area contributed by atoms with Gasteiger partial charge in [0.15, 0.2) is 0 Å². The number of carbonyl (C=O) groups is 1. The number of nitrogen functional groups attached to an aromatic ring is 1. The second-order valence-corrected chi connectivity index (χ2v) is 2.82. The largest absolute Gasteiger partial charge is 0.545 e. The molecule has 100 valence electrons. The zero-order valence-electron chi connectivity index (χ0n) is 9.12. The van der Waals surface area contributed by atoms with Crippen LogP contribution < -0.4 is 27.7 Å². The van der Waals surface area contributed by atoms with Crippen molar-refractivity contribution >= 4 is 23.3 Å². The van der Waals surface area contributed by atoms with E-state index >= 15 is 0 Å². The fraction of sp³-hybridized carbons (Fsp3) is 0. The van der Waals surface area contributed by atoms with Crippen LogP contribution in [-0.4, -0.2) is 22.3 Å². The molecular formula is C8H13N5O5. The van der Waals surface area contributed by atoms with E-state index in [1.54, 1.807) is 0 Å². The molecule has 0 saturated heterocycles. The van der Waals surface area contributed by atoms with Gasteiger partial charge in [-0.3, -0.25) is 27.0 Å². The second kappa shape index (κ2) is 7.40. The van der Waals surface area contributed by atoms with Gasteiger partial charge in [0.05, 0.1) is 10.9 Å². The minimum absolute atomic E-state index is 0. The van der Waals surface area contributed by atoms with Crippen molar-refractivity contribution in [3.63, 3.8) is 0 Å². The quantitative estimate of drug-likeness (QED) is 0.134. The van der Waals surface area contributed by atoms with E-state index in [1.165, 1.54) is 0 Å². The fourth-order valence-corrected chi connectivity index (χ4v) is 0.850. The summed E-state index contributed by atoms with van der Waals surface area (Å²) in [4.78, 5) is 19.9. The smallest absolute Gasteiger partial charge is 0.336 e. The number of rotatable bonds is 2. The first-order chi connectivity index (χ1) is 7.75. The molecule has 0 radical (unpaired) electrons. The summed E-state index contributed by atoms with van der Waals surface area (Å²) in [5.74, 6) is -1.53. The van der Waals surface area contributed by atoms with Gasteiger partial charge in [-0.1, -0.05) is 0 Å². The number of hydrogen-bond donors (Lipinski definition) is 4. The number of nitrogens with zero attached hydrogens (tertiary/aromatic N) is 1. The SMILES string of the molecule is NC(N)=[NH2+].Nc1cc([N+](=O)[O-])ccc1C(=O)[O-].O. The minimum Gasteiger partial charge on any atom is -0.545 e. The van der Waals surface area contributed by atoms with E-state index in [9.17, 15) is 20.0 Å². The molecule has 0 aliphatic rings. The molecule has 0 unspecified atom stereocenters. The van der Waals surface area contributed by atoms with E-state index in [0.29, 0.717) is 0 Å². The number of nitro groups is 1. The van der Waals surface area contributed by atoms with Gasteiger partial charge in [0.1, 0.15) is 0 Å². The molecule has 0 aliphatic carbocycles. The lowest BCUT2D eigenvalue weighted by Gasteiger charge is -2.04. The Balaban J connectivity index is 0. The molecule has 0 spiro atoms. The van der Waals surface area contributed by atoms with E-state index < -0.39 is 10.9 Å². The van der Waals surface area contributed by atoms with Gasteiger partial charge in [-0.15, -0.1) is 0 Å². The highest BCUT2D eigenvalue weighted by atomic mass is 16.6. The number of benzene rings is 1. The normalized spacial score (nSPS) is 8.22. The molecule has 10 N–H and O–H groups in total. The van der Waals surface area contributed by atoms with Crippen LogP contribution in [0.5, 0.6) is 0 Å². The van der Waals surface area contributed by atoms with Gasteiger partial charge in [-0.2, -0.15) is 0 Å². The van der Waals surface area contributed by atoms with Gasteiger partial charge in [0.2, 0.25) is 0 Å². The lowest BCUT2D eigenvalue weighted by atomic mass is 10.1. The number of guanidine groups is 1. The van der Waals surface area contributed by atoms with Crippen molar-refractivity contribution in [3.8, 4) is 0 Å². The van der Waals surface area contributed by atoms with Crippen LogP contribution in [0, 0.1) is 10.1 Å². The van der Waals surface area contributed by atoms with Crippen molar-refractivity contribution in [1.29, 1.82) is 0 Å². The summed E-state index contributed by atoms with van der Waals surface area (Å²) in [6, 6.07) is 3.08. The molecular weight excluding hydrogens is 246 g/mol. The van der Waals surface area contributed by atoms with E-state index in [2.05, 4.69) is 16.9 Å². The van der Waals surface area contributed by atoms with Crippen LogP contribution in [0.2, 0.25) is 0 Å². The standard InChI is InChI=1S/C7H6N2O4.CH5N3.H2O/c8-6-3-4(9(12)13)1-2-5(6)7(10)11;2-1(3)4;/h1-3H,8H2,(H,10,11);(H5,2,3,4);1H2. The van der Waals surface area contributed by atoms with Gasteiger partial charge in [-0.25, -0.2) is 0 Å². The Morgan fingerprint density at radius 3 is 2.06 bits per heavy atom. The van der Waals surface area contributed by atoms with Crippen LogP contribution >= 0.6 is 0 Å². The molecule has 0 fully saturated rings. The van der Waals surface area contributed by atoms with Crippen LogP contribution in [0.15, 0.2) is 18.2 Å². The van der Waals surface area contributed by atoms with Gasteiger partial charge in [0.25, 0.3) is 5.69 Å². The Morgan fingerprint density at radius 1 is 1.33 bits per heavy atom. The summed E-state index contributed by atoms with van der Waals surface area (Å²) in [5, 5.41) is 25.1. The average Bonchev–Trinajstić information content (AvgIpc) is 2.15. The first-order valence-electron chi connectivity index (χ1n) is 4.14. The summed E-state index contributed by atoms with van der Waals surface area (Å²) >= 11 is 0. The zero-order valence-corrected chi connectivity index (χ0v) is 9.12. The Kier molecular flexibility index (Phi) is 7.20. The number of nitrogens with two attached hydrogens (primary N) is 4. The predicted molar refractivity (Wildman–Crippen MR) is 60.8 cm³/mol. The van der Waals surface area contributed by atoms with Crippen LogP contribution in [0.4, 0.5) is 11.4 Å². The highest BCUT2D eigenvalue weighted by Gasteiger charge is 2.08. The molecule has 10 heteroatoms. The summed E-state index contributed by atoms with van der Waals surface area (Å²) in [6.07, 6.45) is 0. The molecule has 10 nitrogen and oxygen atoms in total. The number of nitro benzene ring substituents is 1. The third-order valence-electron chi connectivity index (χ3n) is 1.47. The third-order valence-corrected chi connectivity index (χ3v) is 1.47. The monoisotopic (exact) mass is 259 g/mol. The molecule has 0 bridgehead atoms. The predicted octanol–water partition coefficient (Wildman–Crippen LogP) is -4.27. The zero-order chi connectivity index (χ0) is 13.6. The summed E-state index contributed by atoms with van der Waals surface area (Å²) in [6.45, 7) is 0. The maximum Gasteiger partial charge on any atom is 0.336 e. The first kappa shape index (κ1) is 17.5. The molecule has 1 rings (SSSR count). The van der Waals surface area contributed by atoms with Crippen molar-refractivity contribution in [2.75, 3.05) is 5.73 Å². The molecule has 0 aromatic heterocycles. The lowest BCUT2D eigenvalue weighted by Crippen LogP contribution is -2.51. The van der Waals surface area contributed by atoms with Gasteiger partial charge in [-0.05, 0) is 6.07 Å². The highest BCUT2D eigenvalue weighted by molar-refractivity contribution is 5.92. The van der Waals surface area contributed by atoms with Crippen molar-refractivity contribution < 1.29 is 25.7 Å². The molecule has 0 atom stereocenters. The van der Waals surface area contributed by atoms with Crippen molar-refractivity contribution in [1.82, 2.24) is 0 Å². The summed E-state index contributed by atoms with van der Waals surface area (Å²) in [7, 11) is 0. The number of carboxylic acid groups (broad SMARTS) is 1. The maximum absolute atomic E-state index is 10.3. The fourth-order valence-electron chi connectivity index (χ4n) is 0.850. The van der Waals surface area contributed by atoms with Gasteiger partial charge >= 0.3 is 5.96 Å². The minimum atomic E-state index is -1.45. The third kappa shape index (κ3) is 5.87.